The summed E-state index contributed by atoms with van der Waals surface area (Å²) in [6, 6.07) is 8.76. The van der Waals surface area contributed by atoms with Crippen LogP contribution in [0.4, 0.5) is 14.5 Å². The van der Waals surface area contributed by atoms with Gasteiger partial charge in [-0.15, -0.1) is 0 Å². The van der Waals surface area contributed by atoms with Gasteiger partial charge < -0.3 is 5.32 Å². The van der Waals surface area contributed by atoms with Crippen LogP contribution in [0.3, 0.4) is 0 Å². The van der Waals surface area contributed by atoms with Crippen molar-refractivity contribution >= 4 is 23.4 Å². The Morgan fingerprint density at radius 2 is 2.00 bits per heavy atom. The number of carbonyl (C=O) groups is 1. The fourth-order valence-corrected chi connectivity index (χ4v) is 3.17. The first-order valence-corrected chi connectivity index (χ1v) is 7.72. The quantitative estimate of drug-likeness (QED) is 0.819. The Morgan fingerprint density at radius 3 is 2.74 bits per heavy atom. The molecule has 0 unspecified atom stereocenters. The zero-order chi connectivity index (χ0) is 16.4. The average Bonchev–Trinajstić information content (AvgIpc) is 2.57. The summed E-state index contributed by atoms with van der Waals surface area (Å²) in [6.45, 7) is 0. The van der Waals surface area contributed by atoms with Crippen molar-refractivity contribution in [1.82, 2.24) is 4.84 Å². The van der Waals surface area contributed by atoms with Crippen molar-refractivity contribution < 1.29 is 13.6 Å². The molecule has 1 aliphatic rings. The number of hydrogen-bond acceptors (Lipinski definition) is 2. The summed E-state index contributed by atoms with van der Waals surface area (Å²) in [5.41, 5.74) is 2.69. The monoisotopic (exact) mass is 336 g/mol. The molecule has 0 spiro atoms. The molecule has 0 saturated heterocycles. The van der Waals surface area contributed by atoms with E-state index in [0.717, 1.165) is 42.5 Å². The molecular weight excluding hydrogens is 322 g/mol. The third-order valence-corrected chi connectivity index (χ3v) is 4.32. The Balaban J connectivity index is 1.89. The van der Waals surface area contributed by atoms with Crippen molar-refractivity contribution in [2.75, 3.05) is 5.32 Å². The number of hydrogen-bond donors (Lipinski definition) is 2. The SMILES string of the molecule is O=C(Nc1ccc(F)c(F)c1)c1cccc2c1CCC[C@@H]2NCl. The molecule has 2 aromatic carbocycles. The van der Waals surface area contributed by atoms with E-state index in [2.05, 4.69) is 10.2 Å². The Kier molecular flexibility index (Phi) is 4.59. The Bertz CT molecular complexity index is 751. The summed E-state index contributed by atoms with van der Waals surface area (Å²) in [4.78, 5) is 15.2. The highest BCUT2D eigenvalue weighted by Crippen LogP contribution is 2.32. The molecule has 0 fully saturated rings. The lowest BCUT2D eigenvalue weighted by Crippen LogP contribution is -2.22. The molecule has 0 saturated carbocycles. The second kappa shape index (κ2) is 6.64. The lowest BCUT2D eigenvalue weighted by molar-refractivity contribution is 0.102. The van der Waals surface area contributed by atoms with Crippen LogP contribution in [0.2, 0.25) is 0 Å². The molecule has 2 N–H and O–H groups in total. The van der Waals surface area contributed by atoms with Gasteiger partial charge in [0.2, 0.25) is 0 Å². The molecule has 1 atom stereocenters. The predicted molar refractivity (Wildman–Crippen MR) is 85.4 cm³/mol. The maximum atomic E-state index is 13.3. The largest absolute Gasteiger partial charge is 0.322 e. The van der Waals surface area contributed by atoms with Gasteiger partial charge >= 0.3 is 0 Å². The molecule has 0 bridgehead atoms. The number of rotatable bonds is 3. The fraction of sp³-hybridized carbons (Fsp3) is 0.235. The molecule has 1 amide bonds. The molecule has 23 heavy (non-hydrogen) atoms. The van der Waals surface area contributed by atoms with E-state index in [4.69, 9.17) is 11.8 Å². The molecular formula is C17H15ClF2N2O. The van der Waals surface area contributed by atoms with Crippen molar-refractivity contribution in [1.29, 1.82) is 0 Å². The summed E-state index contributed by atoms with van der Waals surface area (Å²) in [5.74, 6) is -2.29. The number of halogens is 3. The van der Waals surface area contributed by atoms with Crippen LogP contribution in [0.15, 0.2) is 36.4 Å². The van der Waals surface area contributed by atoms with E-state index in [0.29, 0.717) is 5.56 Å². The first-order valence-electron chi connectivity index (χ1n) is 7.34. The molecule has 3 nitrogen and oxygen atoms in total. The Labute approximate surface area is 137 Å². The van der Waals surface area contributed by atoms with Gasteiger partial charge in [0.05, 0.1) is 0 Å². The van der Waals surface area contributed by atoms with Gasteiger partial charge in [0.25, 0.3) is 5.91 Å². The lowest BCUT2D eigenvalue weighted by atomic mass is 9.85. The number of amides is 1. The van der Waals surface area contributed by atoms with Gasteiger partial charge in [-0.25, -0.2) is 13.6 Å². The summed E-state index contributed by atoms with van der Waals surface area (Å²) >= 11 is 5.77. The average molecular weight is 337 g/mol. The first-order chi connectivity index (χ1) is 11.1. The maximum Gasteiger partial charge on any atom is 0.255 e. The number of carbonyl (C=O) groups excluding carboxylic acids is 1. The zero-order valence-electron chi connectivity index (χ0n) is 12.2. The molecule has 0 radical (unpaired) electrons. The van der Waals surface area contributed by atoms with Gasteiger partial charge in [-0.2, -0.15) is 0 Å². The van der Waals surface area contributed by atoms with Crippen LogP contribution < -0.4 is 10.2 Å². The van der Waals surface area contributed by atoms with Gasteiger partial charge in [-0.1, -0.05) is 12.1 Å². The molecule has 6 heteroatoms. The molecule has 1 aliphatic carbocycles. The van der Waals surface area contributed by atoms with Crippen molar-refractivity contribution in [2.45, 2.75) is 25.3 Å². The van der Waals surface area contributed by atoms with Crippen LogP contribution in [0.5, 0.6) is 0 Å². The minimum Gasteiger partial charge on any atom is -0.322 e. The van der Waals surface area contributed by atoms with E-state index in [1.165, 1.54) is 6.07 Å². The standard InChI is InChI=1S/C17H15ClF2N2O/c18-22-16-6-2-3-11-12(16)4-1-5-13(11)17(23)21-10-7-8-14(19)15(20)9-10/h1,4-5,7-9,16,22H,2-3,6H2,(H,21,23)/t16-/m0/s1. The summed E-state index contributed by atoms with van der Waals surface area (Å²) in [5, 5.41) is 2.61. The van der Waals surface area contributed by atoms with Crippen LogP contribution >= 0.6 is 11.8 Å². The van der Waals surface area contributed by atoms with Crippen LogP contribution in [-0.2, 0) is 6.42 Å². The van der Waals surface area contributed by atoms with Crippen molar-refractivity contribution in [3.8, 4) is 0 Å². The zero-order valence-corrected chi connectivity index (χ0v) is 13.0. The smallest absolute Gasteiger partial charge is 0.255 e. The molecule has 2 aromatic rings. The van der Waals surface area contributed by atoms with Crippen LogP contribution in [-0.4, -0.2) is 5.91 Å². The van der Waals surface area contributed by atoms with Crippen molar-refractivity contribution in [3.63, 3.8) is 0 Å². The van der Waals surface area contributed by atoms with E-state index >= 15 is 0 Å². The Hall–Kier alpha value is -1.98. The van der Waals surface area contributed by atoms with Crippen LogP contribution in [0.25, 0.3) is 0 Å². The first kappa shape index (κ1) is 15.9. The summed E-state index contributed by atoms with van der Waals surface area (Å²) < 4.78 is 26.2. The van der Waals surface area contributed by atoms with E-state index < -0.39 is 11.6 Å². The molecule has 0 heterocycles. The number of benzene rings is 2. The second-order valence-corrected chi connectivity index (χ2v) is 5.73. The van der Waals surface area contributed by atoms with Gasteiger partial charge in [0.1, 0.15) is 0 Å². The highest BCUT2D eigenvalue weighted by atomic mass is 35.5. The third kappa shape index (κ3) is 3.21. The molecule has 120 valence electrons. The summed E-state index contributed by atoms with van der Waals surface area (Å²) in [7, 11) is 0. The van der Waals surface area contributed by atoms with Gasteiger partial charge in [-0.3, -0.25) is 4.79 Å². The van der Waals surface area contributed by atoms with Crippen molar-refractivity contribution in [3.05, 3.63) is 64.7 Å². The number of anilines is 1. The summed E-state index contributed by atoms with van der Waals surface area (Å²) in [6.07, 6.45) is 2.61. The van der Waals surface area contributed by atoms with E-state index in [-0.39, 0.29) is 17.6 Å². The van der Waals surface area contributed by atoms with Crippen LogP contribution in [0.1, 0.15) is 40.4 Å². The van der Waals surface area contributed by atoms with E-state index in [1.807, 2.05) is 6.07 Å². The Morgan fingerprint density at radius 1 is 1.17 bits per heavy atom. The van der Waals surface area contributed by atoms with E-state index in [1.54, 1.807) is 12.1 Å². The van der Waals surface area contributed by atoms with Crippen molar-refractivity contribution in [2.24, 2.45) is 0 Å². The lowest BCUT2D eigenvalue weighted by Gasteiger charge is -2.25. The topological polar surface area (TPSA) is 41.1 Å². The highest BCUT2D eigenvalue weighted by Gasteiger charge is 2.24. The second-order valence-electron chi connectivity index (χ2n) is 5.51. The highest BCUT2D eigenvalue weighted by molar-refractivity contribution is 6.13. The number of fused-ring (bicyclic) bond motifs is 1. The van der Waals surface area contributed by atoms with Crippen LogP contribution in [0, 0.1) is 11.6 Å². The fourth-order valence-electron chi connectivity index (χ4n) is 2.95. The maximum absolute atomic E-state index is 13.3. The third-order valence-electron chi connectivity index (χ3n) is 4.06. The minimum absolute atomic E-state index is 0.0106. The molecule has 0 aromatic heterocycles. The predicted octanol–water partition coefficient (Wildman–Crippen LogP) is 4.34. The van der Waals surface area contributed by atoms with Gasteiger partial charge in [-0.05, 0) is 60.4 Å². The van der Waals surface area contributed by atoms with Gasteiger partial charge in [0, 0.05) is 23.4 Å². The van der Waals surface area contributed by atoms with Gasteiger partial charge in [0.15, 0.2) is 11.6 Å². The molecule has 3 rings (SSSR count). The van der Waals surface area contributed by atoms with E-state index in [9.17, 15) is 13.6 Å². The minimum atomic E-state index is -0.996. The molecule has 0 aliphatic heterocycles. The normalized spacial score (nSPS) is 16.7. The number of nitrogens with one attached hydrogen (secondary N) is 2.